The third kappa shape index (κ3) is 5.47. The van der Waals surface area contributed by atoms with Gasteiger partial charge in [-0.2, -0.15) is 11.3 Å². The number of aliphatic hydroxyl groups excluding tert-OH is 1. The lowest BCUT2D eigenvalue weighted by Crippen LogP contribution is -2.38. The lowest BCUT2D eigenvalue weighted by molar-refractivity contribution is 0.192. The third-order valence-electron chi connectivity index (χ3n) is 6.02. The summed E-state index contributed by atoms with van der Waals surface area (Å²) >= 11 is 2.68. The van der Waals surface area contributed by atoms with Gasteiger partial charge in [-0.15, -0.1) is 0 Å². The smallest absolute Gasteiger partial charge is 0.285 e. The fourth-order valence-electron chi connectivity index (χ4n) is 4.21. The van der Waals surface area contributed by atoms with Crippen molar-refractivity contribution < 1.29 is 9.90 Å². The zero-order valence-corrected chi connectivity index (χ0v) is 20.2. The van der Waals surface area contributed by atoms with E-state index in [4.69, 9.17) is 0 Å². The summed E-state index contributed by atoms with van der Waals surface area (Å²) in [7, 11) is 0. The van der Waals surface area contributed by atoms with Crippen molar-refractivity contribution in [1.82, 2.24) is 25.6 Å². The van der Waals surface area contributed by atoms with E-state index in [9.17, 15) is 9.90 Å². The summed E-state index contributed by atoms with van der Waals surface area (Å²) in [5, 5.41) is 19.9. The minimum atomic E-state index is -0.966. The van der Waals surface area contributed by atoms with Gasteiger partial charge in [0.25, 0.3) is 5.24 Å². The Morgan fingerprint density at radius 1 is 1.21 bits per heavy atom. The third-order valence-corrected chi connectivity index (χ3v) is 7.58. The van der Waals surface area contributed by atoms with Crippen molar-refractivity contribution in [1.29, 1.82) is 0 Å². The maximum Gasteiger partial charge on any atom is 0.285 e. The number of amides is 1. The number of rotatable bonds is 7. The average molecular weight is 495 g/mol. The van der Waals surface area contributed by atoms with Crippen LogP contribution in [0.1, 0.15) is 24.1 Å². The molecule has 10 heteroatoms. The predicted molar refractivity (Wildman–Crippen MR) is 136 cm³/mol. The summed E-state index contributed by atoms with van der Waals surface area (Å²) in [6.45, 7) is 3.57. The second-order valence-corrected chi connectivity index (χ2v) is 10.2. The van der Waals surface area contributed by atoms with Gasteiger partial charge in [0, 0.05) is 47.9 Å². The van der Waals surface area contributed by atoms with Gasteiger partial charge >= 0.3 is 0 Å². The van der Waals surface area contributed by atoms with Gasteiger partial charge in [-0.1, -0.05) is 6.07 Å². The molecule has 0 radical (unpaired) electrons. The first-order chi connectivity index (χ1) is 16.7. The molecule has 0 bridgehead atoms. The Kier molecular flexibility index (Phi) is 7.19. The number of nitrogens with one attached hydrogen (secondary N) is 2. The van der Waals surface area contributed by atoms with Crippen molar-refractivity contribution in [3.63, 3.8) is 0 Å². The summed E-state index contributed by atoms with van der Waals surface area (Å²) in [6, 6.07) is 8.04. The second-order valence-electron chi connectivity index (χ2n) is 8.35. The van der Waals surface area contributed by atoms with Crippen LogP contribution in [0.4, 0.5) is 10.7 Å². The molecule has 5 rings (SSSR count). The molecule has 1 amide bonds. The van der Waals surface area contributed by atoms with E-state index >= 15 is 0 Å². The fourth-order valence-corrected chi connectivity index (χ4v) is 5.59. The van der Waals surface area contributed by atoms with Crippen LogP contribution in [0, 0.1) is 5.92 Å². The van der Waals surface area contributed by atoms with Gasteiger partial charge in [-0.05, 0) is 72.3 Å². The number of hydrogen-bond acceptors (Lipinski definition) is 9. The highest BCUT2D eigenvalue weighted by atomic mass is 32.2. The Labute approximate surface area is 206 Å². The normalized spacial score (nSPS) is 20.1. The minimum absolute atomic E-state index is 0.255. The topological polar surface area (TPSA) is 103 Å². The van der Waals surface area contributed by atoms with Gasteiger partial charge in [0.2, 0.25) is 5.95 Å². The van der Waals surface area contributed by atoms with Crippen LogP contribution in [-0.4, -0.2) is 51.2 Å². The van der Waals surface area contributed by atoms with E-state index < -0.39 is 6.23 Å². The van der Waals surface area contributed by atoms with E-state index in [-0.39, 0.29) is 5.24 Å². The van der Waals surface area contributed by atoms with E-state index in [1.165, 1.54) is 11.1 Å². The number of hydrogen-bond donors (Lipinski definition) is 3. The van der Waals surface area contributed by atoms with Crippen LogP contribution in [0.2, 0.25) is 0 Å². The molecule has 3 aromatic rings. The number of thioether (sulfide) groups is 1. The van der Waals surface area contributed by atoms with Crippen LogP contribution in [-0.2, 0) is 6.54 Å². The van der Waals surface area contributed by atoms with Gasteiger partial charge in [-0.3, -0.25) is 9.78 Å². The zero-order valence-electron chi connectivity index (χ0n) is 18.6. The zero-order chi connectivity index (χ0) is 23.3. The molecule has 8 nitrogen and oxygen atoms in total. The van der Waals surface area contributed by atoms with Crippen LogP contribution in [0.3, 0.4) is 0 Å². The van der Waals surface area contributed by atoms with Crippen LogP contribution >= 0.6 is 23.1 Å². The number of aliphatic hydroxyl groups is 1. The number of piperidine rings is 1. The van der Waals surface area contributed by atoms with Crippen molar-refractivity contribution in [2.75, 3.05) is 24.5 Å². The summed E-state index contributed by atoms with van der Waals surface area (Å²) in [6.07, 6.45) is 6.48. The van der Waals surface area contributed by atoms with Gasteiger partial charge in [-0.25, -0.2) is 9.97 Å². The van der Waals surface area contributed by atoms with Crippen molar-refractivity contribution >= 4 is 40.4 Å². The van der Waals surface area contributed by atoms with E-state index in [0.717, 1.165) is 56.5 Å². The van der Waals surface area contributed by atoms with Gasteiger partial charge in [0.15, 0.2) is 6.23 Å². The maximum atomic E-state index is 11.4. The molecule has 34 heavy (non-hydrogen) atoms. The number of aromatic nitrogens is 3. The molecular weight excluding hydrogens is 468 g/mol. The van der Waals surface area contributed by atoms with E-state index in [0.29, 0.717) is 22.5 Å². The molecule has 3 aromatic heterocycles. The number of nitrogens with zero attached hydrogens (tertiary/aromatic N) is 4. The van der Waals surface area contributed by atoms with Gasteiger partial charge in [0.05, 0.1) is 11.4 Å². The molecular formula is C24H26N6O2S2. The van der Waals surface area contributed by atoms with Crippen molar-refractivity contribution in [2.24, 2.45) is 5.92 Å². The molecule has 2 saturated heterocycles. The average Bonchev–Trinajstić information content (AvgIpc) is 3.50. The highest BCUT2D eigenvalue weighted by Crippen LogP contribution is 2.28. The van der Waals surface area contributed by atoms with Crippen LogP contribution in [0.15, 0.2) is 52.3 Å². The van der Waals surface area contributed by atoms with Crippen molar-refractivity contribution in [3.05, 3.63) is 63.6 Å². The monoisotopic (exact) mass is 494 g/mol. The van der Waals surface area contributed by atoms with E-state index in [1.54, 1.807) is 29.7 Å². The van der Waals surface area contributed by atoms with Crippen molar-refractivity contribution in [2.45, 2.75) is 25.6 Å². The molecule has 3 N–H and O–H groups in total. The van der Waals surface area contributed by atoms with Gasteiger partial charge < -0.3 is 20.6 Å². The molecule has 176 valence electrons. The molecule has 0 spiro atoms. The number of carbonyl (C=O) groups excluding carboxylic acids is 1. The SMILES string of the molecule is O=C1NC(O)C(=Cc2ccnc(N3CCC(CNCc4cccnc4-c4ccsc4)CC3)n2)S1. The molecule has 0 aliphatic carbocycles. The Morgan fingerprint density at radius 2 is 2.09 bits per heavy atom. The van der Waals surface area contributed by atoms with E-state index in [2.05, 4.69) is 53.4 Å². The quantitative estimate of drug-likeness (QED) is 0.457. The number of anilines is 1. The Morgan fingerprint density at radius 3 is 2.85 bits per heavy atom. The highest BCUT2D eigenvalue weighted by Gasteiger charge is 2.26. The Bertz CT molecular complexity index is 1160. The highest BCUT2D eigenvalue weighted by molar-refractivity contribution is 8.17. The lowest BCUT2D eigenvalue weighted by atomic mass is 9.97. The van der Waals surface area contributed by atoms with Crippen molar-refractivity contribution in [3.8, 4) is 11.3 Å². The molecule has 1 atom stereocenters. The first-order valence-corrected chi connectivity index (χ1v) is 13.0. The molecule has 2 aliphatic heterocycles. The molecule has 2 fully saturated rings. The maximum absolute atomic E-state index is 11.4. The van der Waals surface area contributed by atoms with Crippen LogP contribution in [0.5, 0.6) is 0 Å². The predicted octanol–water partition coefficient (Wildman–Crippen LogP) is 3.72. The standard InChI is InChI=1S/C24H26N6O2S2/c31-22-20(34-24(32)29-22)12-19-3-8-27-23(28-19)30-9-4-16(5-10-30)13-25-14-17-2-1-7-26-21(17)18-6-11-33-15-18/h1-3,6-8,11-12,15-16,22,25,31H,4-5,9-10,13-14H2,(H,29,32). The largest absolute Gasteiger partial charge is 0.369 e. The van der Waals surface area contributed by atoms with Gasteiger partial charge in [0.1, 0.15) is 0 Å². The minimum Gasteiger partial charge on any atom is -0.369 e. The molecule has 2 aliphatic rings. The molecule has 5 heterocycles. The Balaban J connectivity index is 1.13. The first kappa shape index (κ1) is 23.0. The molecule has 0 saturated carbocycles. The molecule has 1 unspecified atom stereocenters. The number of pyridine rings is 1. The molecule has 0 aromatic carbocycles. The number of thiophene rings is 1. The van der Waals surface area contributed by atoms with E-state index in [1.807, 2.05) is 12.3 Å². The summed E-state index contributed by atoms with van der Waals surface area (Å²) in [4.78, 5) is 27.8. The first-order valence-electron chi connectivity index (χ1n) is 11.3. The number of carbonyl (C=O) groups is 1. The van der Waals surface area contributed by atoms with Crippen LogP contribution in [0.25, 0.3) is 17.3 Å². The summed E-state index contributed by atoms with van der Waals surface area (Å²) in [5.41, 5.74) is 4.14. The summed E-state index contributed by atoms with van der Waals surface area (Å²) in [5.74, 6) is 1.29. The van der Waals surface area contributed by atoms with Crippen LogP contribution < -0.4 is 15.5 Å². The second kappa shape index (κ2) is 10.6. The Hall–Kier alpha value is -2.79. The summed E-state index contributed by atoms with van der Waals surface area (Å²) < 4.78 is 0. The lowest BCUT2D eigenvalue weighted by Gasteiger charge is -2.32. The fraction of sp³-hybridized carbons (Fsp3) is 0.333.